The van der Waals surface area contributed by atoms with E-state index in [1.165, 1.54) is 0 Å². The lowest BCUT2D eigenvalue weighted by Gasteiger charge is -2.06. The molecule has 4 N–H and O–H groups in total. The number of aromatic nitrogens is 4. The molecule has 0 saturated heterocycles. The fourth-order valence-electron chi connectivity index (χ4n) is 1.86. The third kappa shape index (κ3) is 2.43. The topological polar surface area (TPSA) is 102 Å². The van der Waals surface area contributed by atoms with Crippen molar-refractivity contribution >= 4 is 33.3 Å². The van der Waals surface area contributed by atoms with E-state index in [1.807, 2.05) is 12.1 Å². The number of ether oxygens (including phenoxy) is 1. The van der Waals surface area contributed by atoms with Crippen LogP contribution in [0.5, 0.6) is 0 Å². The van der Waals surface area contributed by atoms with Gasteiger partial charge < -0.3 is 15.8 Å². The quantitative estimate of drug-likeness (QED) is 0.618. The lowest BCUT2D eigenvalue weighted by atomic mass is 10.3. The number of aromatic amines is 1. The first kappa shape index (κ1) is 12.8. The van der Waals surface area contributed by atoms with Gasteiger partial charge in [0.2, 0.25) is 5.95 Å². The normalized spacial score (nSPS) is 11.1. The minimum absolute atomic E-state index is 0.256. The molecule has 8 heteroatoms. The van der Waals surface area contributed by atoms with Gasteiger partial charge in [-0.05, 0) is 12.1 Å². The fourth-order valence-corrected chi connectivity index (χ4v) is 2.90. The average Bonchev–Trinajstić information content (AvgIpc) is 3.06. The van der Waals surface area contributed by atoms with Crippen molar-refractivity contribution in [2.45, 2.75) is 0 Å². The number of nitrogen functional groups attached to an aromatic ring is 1. The second-order valence-corrected chi connectivity index (χ2v) is 5.20. The molecule has 0 aromatic carbocycles. The van der Waals surface area contributed by atoms with Gasteiger partial charge in [0.1, 0.15) is 5.82 Å². The summed E-state index contributed by atoms with van der Waals surface area (Å²) in [5.74, 6) is 0.992. The van der Waals surface area contributed by atoms with Crippen LogP contribution in [0.15, 0.2) is 18.3 Å². The molecule has 0 amide bonds. The summed E-state index contributed by atoms with van der Waals surface area (Å²) in [4.78, 5) is 9.57. The minimum atomic E-state index is 0.256. The first-order valence-corrected chi connectivity index (χ1v) is 6.89. The lowest BCUT2D eigenvalue weighted by molar-refractivity contribution is 0.210. The van der Waals surface area contributed by atoms with E-state index in [1.54, 1.807) is 24.6 Å². The van der Waals surface area contributed by atoms with Gasteiger partial charge in [0.05, 0.1) is 27.4 Å². The van der Waals surface area contributed by atoms with E-state index in [4.69, 9.17) is 10.5 Å². The van der Waals surface area contributed by atoms with E-state index in [2.05, 4.69) is 25.5 Å². The SMILES string of the molecule is COCCNc1nc(N)nc2cc(-c3ccn[nH]3)sc12. The van der Waals surface area contributed by atoms with E-state index in [9.17, 15) is 0 Å². The van der Waals surface area contributed by atoms with Crippen LogP contribution >= 0.6 is 11.3 Å². The first-order chi connectivity index (χ1) is 9.78. The number of nitrogens with one attached hydrogen (secondary N) is 2. The Balaban J connectivity index is 2.01. The number of fused-ring (bicyclic) bond motifs is 1. The van der Waals surface area contributed by atoms with Crippen LogP contribution in [0.25, 0.3) is 20.8 Å². The third-order valence-electron chi connectivity index (χ3n) is 2.75. The van der Waals surface area contributed by atoms with Gasteiger partial charge in [0, 0.05) is 19.9 Å². The Kier molecular flexibility index (Phi) is 3.48. The zero-order valence-corrected chi connectivity index (χ0v) is 11.7. The summed E-state index contributed by atoms with van der Waals surface area (Å²) in [7, 11) is 1.66. The maximum atomic E-state index is 5.75. The molecule has 0 unspecified atom stereocenters. The maximum Gasteiger partial charge on any atom is 0.222 e. The molecular weight excluding hydrogens is 276 g/mol. The maximum absolute atomic E-state index is 5.75. The Morgan fingerprint density at radius 1 is 1.45 bits per heavy atom. The third-order valence-corrected chi connectivity index (χ3v) is 3.92. The number of hydrogen-bond acceptors (Lipinski definition) is 7. The molecule has 0 bridgehead atoms. The number of nitrogens with two attached hydrogens (primary N) is 1. The number of nitrogens with zero attached hydrogens (tertiary/aromatic N) is 3. The van der Waals surface area contributed by atoms with Gasteiger partial charge in [0.25, 0.3) is 0 Å². The number of anilines is 2. The molecule has 3 aromatic rings. The molecule has 3 rings (SSSR count). The average molecular weight is 290 g/mol. The highest BCUT2D eigenvalue weighted by Gasteiger charge is 2.12. The summed E-state index contributed by atoms with van der Waals surface area (Å²) in [5, 5.41) is 10.1. The highest BCUT2D eigenvalue weighted by atomic mass is 32.1. The summed E-state index contributed by atoms with van der Waals surface area (Å²) in [6.45, 7) is 1.27. The highest BCUT2D eigenvalue weighted by Crippen LogP contribution is 2.35. The molecule has 7 nitrogen and oxygen atoms in total. The van der Waals surface area contributed by atoms with Gasteiger partial charge in [-0.25, -0.2) is 4.98 Å². The van der Waals surface area contributed by atoms with Crippen molar-refractivity contribution in [3.05, 3.63) is 18.3 Å². The Hall–Kier alpha value is -2.19. The molecule has 0 atom stereocenters. The van der Waals surface area contributed by atoms with E-state index in [-0.39, 0.29) is 5.95 Å². The molecule has 0 radical (unpaired) electrons. The molecule has 0 spiro atoms. The Bertz CT molecular complexity index is 708. The number of thiophene rings is 1. The Morgan fingerprint density at radius 2 is 2.35 bits per heavy atom. The van der Waals surface area contributed by atoms with Crippen LogP contribution in [0.1, 0.15) is 0 Å². The first-order valence-electron chi connectivity index (χ1n) is 6.07. The van der Waals surface area contributed by atoms with Crippen molar-refractivity contribution in [3.63, 3.8) is 0 Å². The second-order valence-electron chi connectivity index (χ2n) is 4.15. The smallest absolute Gasteiger partial charge is 0.222 e. The standard InChI is InChI=1S/C12H14N6OS/c1-19-5-4-14-11-10-8(16-12(13)17-11)6-9(20-10)7-2-3-15-18-7/h2-3,6H,4-5H2,1H3,(H,15,18)(H3,13,14,16,17). The monoisotopic (exact) mass is 290 g/mol. The van der Waals surface area contributed by atoms with E-state index >= 15 is 0 Å². The van der Waals surface area contributed by atoms with Crippen LogP contribution in [0.4, 0.5) is 11.8 Å². The predicted molar refractivity (Wildman–Crippen MR) is 79.8 cm³/mol. The van der Waals surface area contributed by atoms with Crippen molar-refractivity contribution in [3.8, 4) is 10.6 Å². The largest absolute Gasteiger partial charge is 0.383 e. The second kappa shape index (κ2) is 5.43. The van der Waals surface area contributed by atoms with Crippen molar-refractivity contribution in [1.82, 2.24) is 20.2 Å². The summed E-state index contributed by atoms with van der Waals surface area (Å²) in [5.41, 5.74) is 7.53. The predicted octanol–water partition coefficient (Wildman–Crippen LogP) is 1.72. The van der Waals surface area contributed by atoms with Crippen molar-refractivity contribution in [2.24, 2.45) is 0 Å². The molecule has 0 fully saturated rings. The Morgan fingerprint density at radius 3 is 3.10 bits per heavy atom. The molecule has 0 aliphatic carbocycles. The molecule has 20 heavy (non-hydrogen) atoms. The van der Waals surface area contributed by atoms with Gasteiger partial charge in [-0.15, -0.1) is 11.3 Å². The van der Waals surface area contributed by atoms with Crippen LogP contribution in [-0.2, 0) is 4.74 Å². The Labute approximate surface area is 119 Å². The number of H-pyrrole nitrogens is 1. The summed E-state index contributed by atoms with van der Waals surface area (Å²) < 4.78 is 6.00. The van der Waals surface area contributed by atoms with Crippen LogP contribution < -0.4 is 11.1 Å². The van der Waals surface area contributed by atoms with Crippen LogP contribution in [0.2, 0.25) is 0 Å². The number of hydrogen-bond donors (Lipinski definition) is 3. The summed E-state index contributed by atoms with van der Waals surface area (Å²) >= 11 is 1.59. The van der Waals surface area contributed by atoms with E-state index < -0.39 is 0 Å². The zero-order valence-electron chi connectivity index (χ0n) is 10.9. The molecule has 3 aromatic heterocycles. The summed E-state index contributed by atoms with van der Waals surface area (Å²) in [6.07, 6.45) is 1.72. The van der Waals surface area contributed by atoms with Crippen LogP contribution in [-0.4, -0.2) is 40.4 Å². The van der Waals surface area contributed by atoms with Crippen molar-refractivity contribution < 1.29 is 4.74 Å². The molecule has 0 saturated carbocycles. The lowest BCUT2D eigenvalue weighted by Crippen LogP contribution is -2.10. The minimum Gasteiger partial charge on any atom is -0.383 e. The number of rotatable bonds is 5. The molecule has 104 valence electrons. The van der Waals surface area contributed by atoms with Gasteiger partial charge in [-0.1, -0.05) is 0 Å². The van der Waals surface area contributed by atoms with Crippen molar-refractivity contribution in [1.29, 1.82) is 0 Å². The summed E-state index contributed by atoms with van der Waals surface area (Å²) in [6, 6.07) is 3.90. The highest BCUT2D eigenvalue weighted by molar-refractivity contribution is 7.22. The van der Waals surface area contributed by atoms with E-state index in [0.29, 0.717) is 13.2 Å². The molecule has 0 aliphatic rings. The van der Waals surface area contributed by atoms with Gasteiger partial charge >= 0.3 is 0 Å². The van der Waals surface area contributed by atoms with Crippen LogP contribution in [0, 0.1) is 0 Å². The van der Waals surface area contributed by atoms with Gasteiger partial charge in [-0.3, -0.25) is 5.10 Å². The molecular formula is C12H14N6OS. The number of methoxy groups -OCH3 is 1. The van der Waals surface area contributed by atoms with E-state index in [0.717, 1.165) is 26.6 Å². The van der Waals surface area contributed by atoms with Gasteiger partial charge in [0.15, 0.2) is 0 Å². The molecule has 0 aliphatic heterocycles. The zero-order chi connectivity index (χ0) is 13.9. The fraction of sp³-hybridized carbons (Fsp3) is 0.250. The van der Waals surface area contributed by atoms with Crippen LogP contribution in [0.3, 0.4) is 0 Å². The molecule has 3 heterocycles. The van der Waals surface area contributed by atoms with Gasteiger partial charge in [-0.2, -0.15) is 10.1 Å². The van der Waals surface area contributed by atoms with Crippen molar-refractivity contribution in [2.75, 3.05) is 31.3 Å².